The van der Waals surface area contributed by atoms with Gasteiger partial charge in [0.25, 0.3) is 0 Å². The lowest BCUT2D eigenvalue weighted by atomic mass is 10.1. The van der Waals surface area contributed by atoms with Crippen molar-refractivity contribution in [2.75, 3.05) is 6.54 Å². The molecule has 4 nitrogen and oxygen atoms in total. The van der Waals surface area contributed by atoms with Crippen LogP contribution in [-0.4, -0.2) is 19.9 Å². The second-order valence-electron chi connectivity index (χ2n) is 5.52. The molecule has 0 saturated carbocycles. The molecule has 0 fully saturated rings. The molecule has 7 heteroatoms. The lowest BCUT2D eigenvalue weighted by Gasteiger charge is -2.07. The van der Waals surface area contributed by atoms with Crippen LogP contribution in [0.15, 0.2) is 47.4 Å². The molecule has 0 unspecified atom stereocenters. The van der Waals surface area contributed by atoms with Gasteiger partial charge in [-0.05, 0) is 55.3 Å². The van der Waals surface area contributed by atoms with Gasteiger partial charge >= 0.3 is 0 Å². The van der Waals surface area contributed by atoms with Gasteiger partial charge in [-0.25, -0.2) is 17.5 Å². The first-order valence-electron chi connectivity index (χ1n) is 7.39. The van der Waals surface area contributed by atoms with E-state index in [1.807, 2.05) is 6.92 Å². The third kappa shape index (κ3) is 3.45. The predicted octanol–water partition coefficient (Wildman–Crippen LogP) is 3.79. The number of benzene rings is 2. The Hall–Kier alpha value is -1.89. The van der Waals surface area contributed by atoms with Gasteiger partial charge in [-0.3, -0.25) is 0 Å². The van der Waals surface area contributed by atoms with Crippen LogP contribution in [0.5, 0.6) is 0 Å². The maximum Gasteiger partial charge on any atom is 0.240 e. The van der Waals surface area contributed by atoms with Gasteiger partial charge in [0.2, 0.25) is 10.0 Å². The molecule has 3 aromatic rings. The average molecular weight is 367 g/mol. The molecular formula is C17H16ClFN2O2S. The minimum Gasteiger partial charge on any atom is -0.358 e. The Morgan fingerprint density at radius 2 is 2.00 bits per heavy atom. The van der Waals surface area contributed by atoms with Crippen molar-refractivity contribution in [3.05, 3.63) is 64.6 Å². The van der Waals surface area contributed by atoms with Gasteiger partial charge in [0.05, 0.1) is 4.90 Å². The van der Waals surface area contributed by atoms with Crippen molar-refractivity contribution in [1.82, 2.24) is 9.71 Å². The molecule has 3 rings (SSSR count). The van der Waals surface area contributed by atoms with E-state index in [1.165, 1.54) is 24.3 Å². The van der Waals surface area contributed by atoms with Gasteiger partial charge in [-0.15, -0.1) is 0 Å². The zero-order valence-electron chi connectivity index (χ0n) is 12.9. The fourth-order valence-corrected chi connectivity index (χ4v) is 4.04. The van der Waals surface area contributed by atoms with E-state index in [0.717, 1.165) is 22.2 Å². The van der Waals surface area contributed by atoms with Crippen LogP contribution in [-0.2, 0) is 16.4 Å². The van der Waals surface area contributed by atoms with Crippen LogP contribution in [0.2, 0.25) is 5.02 Å². The van der Waals surface area contributed by atoms with Crippen molar-refractivity contribution >= 4 is 32.5 Å². The van der Waals surface area contributed by atoms with E-state index >= 15 is 0 Å². The van der Waals surface area contributed by atoms with Crippen LogP contribution in [0.3, 0.4) is 0 Å². The molecule has 2 N–H and O–H groups in total. The number of rotatable bonds is 5. The first-order valence-corrected chi connectivity index (χ1v) is 9.25. The highest BCUT2D eigenvalue weighted by molar-refractivity contribution is 7.89. The van der Waals surface area contributed by atoms with Crippen molar-refractivity contribution < 1.29 is 12.8 Å². The maximum absolute atomic E-state index is 13.5. The van der Waals surface area contributed by atoms with Crippen LogP contribution in [0.4, 0.5) is 4.39 Å². The average Bonchev–Trinajstić information content (AvgIpc) is 2.83. The van der Waals surface area contributed by atoms with Crippen molar-refractivity contribution in [3.63, 3.8) is 0 Å². The third-order valence-electron chi connectivity index (χ3n) is 3.86. The predicted molar refractivity (Wildman–Crippen MR) is 93.3 cm³/mol. The fourth-order valence-electron chi connectivity index (χ4n) is 2.70. The molecule has 24 heavy (non-hydrogen) atoms. The Labute approximate surface area is 144 Å². The maximum atomic E-state index is 13.5. The fraction of sp³-hybridized carbons (Fsp3) is 0.176. The van der Waals surface area contributed by atoms with E-state index < -0.39 is 10.0 Å². The minimum atomic E-state index is -3.63. The monoisotopic (exact) mass is 366 g/mol. The number of sulfonamides is 1. The van der Waals surface area contributed by atoms with Crippen LogP contribution in [0.1, 0.15) is 11.3 Å². The molecule has 2 aromatic carbocycles. The molecular weight excluding hydrogens is 351 g/mol. The summed E-state index contributed by atoms with van der Waals surface area (Å²) >= 11 is 5.84. The minimum absolute atomic E-state index is 0.122. The molecule has 0 aliphatic rings. The van der Waals surface area contributed by atoms with Gasteiger partial charge in [-0.2, -0.15) is 0 Å². The van der Waals surface area contributed by atoms with Gasteiger partial charge in [0, 0.05) is 28.2 Å². The van der Waals surface area contributed by atoms with Crippen LogP contribution in [0, 0.1) is 12.7 Å². The summed E-state index contributed by atoms with van der Waals surface area (Å²) < 4.78 is 40.6. The summed E-state index contributed by atoms with van der Waals surface area (Å²) in [5.41, 5.74) is 2.64. The number of aromatic amines is 1. The number of hydrogen-bond acceptors (Lipinski definition) is 2. The second-order valence-corrected chi connectivity index (χ2v) is 7.73. The molecule has 1 heterocycles. The lowest BCUT2D eigenvalue weighted by Crippen LogP contribution is -2.26. The number of nitrogens with one attached hydrogen (secondary N) is 2. The lowest BCUT2D eigenvalue weighted by molar-refractivity contribution is 0.581. The van der Waals surface area contributed by atoms with E-state index in [-0.39, 0.29) is 17.3 Å². The first-order chi connectivity index (χ1) is 11.4. The molecule has 1 aromatic heterocycles. The summed E-state index contributed by atoms with van der Waals surface area (Å²) in [6, 6.07) is 10.6. The smallest absolute Gasteiger partial charge is 0.240 e. The van der Waals surface area contributed by atoms with Gasteiger partial charge in [0.1, 0.15) is 5.82 Å². The number of fused-ring (bicyclic) bond motifs is 1. The van der Waals surface area contributed by atoms with E-state index in [4.69, 9.17) is 11.6 Å². The Kier molecular flexibility index (Phi) is 4.62. The highest BCUT2D eigenvalue weighted by Gasteiger charge is 2.15. The van der Waals surface area contributed by atoms with Gasteiger partial charge in [-0.1, -0.05) is 17.7 Å². The summed E-state index contributed by atoms with van der Waals surface area (Å²) in [6.07, 6.45) is 0.453. The Bertz CT molecular complexity index is 999. The van der Waals surface area contributed by atoms with Gasteiger partial charge < -0.3 is 4.98 Å². The van der Waals surface area contributed by atoms with Gasteiger partial charge in [0.15, 0.2) is 0 Å². The highest BCUT2D eigenvalue weighted by Crippen LogP contribution is 2.23. The van der Waals surface area contributed by atoms with E-state index in [0.29, 0.717) is 11.4 Å². The zero-order chi connectivity index (χ0) is 17.3. The first kappa shape index (κ1) is 17.0. The van der Waals surface area contributed by atoms with Crippen molar-refractivity contribution in [1.29, 1.82) is 0 Å². The van der Waals surface area contributed by atoms with Crippen LogP contribution in [0.25, 0.3) is 10.9 Å². The van der Waals surface area contributed by atoms with Crippen molar-refractivity contribution in [2.24, 2.45) is 0 Å². The van der Waals surface area contributed by atoms with E-state index in [9.17, 15) is 12.8 Å². The molecule has 0 bridgehead atoms. The highest BCUT2D eigenvalue weighted by atomic mass is 35.5. The SMILES string of the molecule is Cc1[nH]c2ccc(F)cc2c1CCNS(=O)(=O)c1cccc(Cl)c1. The molecule has 0 atom stereocenters. The van der Waals surface area contributed by atoms with Crippen molar-refractivity contribution in [2.45, 2.75) is 18.2 Å². The Balaban J connectivity index is 1.77. The van der Waals surface area contributed by atoms with E-state index in [1.54, 1.807) is 18.2 Å². The van der Waals surface area contributed by atoms with Crippen LogP contribution < -0.4 is 4.72 Å². The molecule has 0 aliphatic carbocycles. The summed E-state index contributed by atoms with van der Waals surface area (Å²) in [7, 11) is -3.63. The molecule has 126 valence electrons. The number of aryl methyl sites for hydroxylation is 1. The molecule has 0 radical (unpaired) electrons. The third-order valence-corrected chi connectivity index (χ3v) is 5.55. The summed E-state index contributed by atoms with van der Waals surface area (Å²) in [5.74, 6) is -0.317. The number of aromatic nitrogens is 1. The Morgan fingerprint density at radius 1 is 1.21 bits per heavy atom. The van der Waals surface area contributed by atoms with E-state index in [2.05, 4.69) is 9.71 Å². The second kappa shape index (κ2) is 6.55. The molecule has 0 aliphatic heterocycles. The molecule has 0 saturated heterocycles. The normalized spacial score (nSPS) is 12.0. The summed E-state index contributed by atoms with van der Waals surface area (Å²) in [4.78, 5) is 3.30. The topological polar surface area (TPSA) is 62.0 Å². The van der Waals surface area contributed by atoms with Crippen LogP contribution >= 0.6 is 11.6 Å². The quantitative estimate of drug-likeness (QED) is 0.721. The van der Waals surface area contributed by atoms with Crippen molar-refractivity contribution in [3.8, 4) is 0 Å². The summed E-state index contributed by atoms with van der Waals surface area (Å²) in [5, 5.41) is 1.13. The number of halogens is 2. The number of hydrogen-bond donors (Lipinski definition) is 2. The standard InChI is InChI=1S/C17H16ClFN2O2S/c1-11-15(16-10-13(19)5-6-17(16)21-11)7-8-20-24(22,23)14-4-2-3-12(18)9-14/h2-6,9-10,20-21H,7-8H2,1H3. The largest absolute Gasteiger partial charge is 0.358 e. The molecule has 0 spiro atoms. The molecule has 0 amide bonds. The number of H-pyrrole nitrogens is 1. The zero-order valence-corrected chi connectivity index (χ0v) is 14.5. The Morgan fingerprint density at radius 3 is 2.75 bits per heavy atom. The summed E-state index contributed by atoms with van der Waals surface area (Å²) in [6.45, 7) is 2.10.